The summed E-state index contributed by atoms with van der Waals surface area (Å²) in [7, 11) is 0. The van der Waals surface area contributed by atoms with Crippen LogP contribution < -0.4 is 11.1 Å². The Labute approximate surface area is 122 Å². The topological polar surface area (TPSA) is 77.0 Å². The van der Waals surface area contributed by atoms with E-state index in [1.165, 1.54) is 0 Å². The number of benzene rings is 1. The Morgan fingerprint density at radius 2 is 1.90 bits per heavy atom. The fraction of sp³-hybridized carbons (Fsp3) is 0.125. The summed E-state index contributed by atoms with van der Waals surface area (Å²) in [6.07, 6.45) is 1.65. The van der Waals surface area contributed by atoms with E-state index in [0.29, 0.717) is 17.5 Å². The predicted molar refractivity (Wildman–Crippen MR) is 82.6 cm³/mol. The molecule has 5 nitrogen and oxygen atoms in total. The first-order valence-corrected chi connectivity index (χ1v) is 6.72. The van der Waals surface area contributed by atoms with Gasteiger partial charge in [-0.15, -0.1) is 0 Å². The molecule has 0 saturated heterocycles. The van der Waals surface area contributed by atoms with Gasteiger partial charge < -0.3 is 15.5 Å². The predicted octanol–water partition coefficient (Wildman–Crippen LogP) is 3.49. The van der Waals surface area contributed by atoms with E-state index in [9.17, 15) is 0 Å². The van der Waals surface area contributed by atoms with Gasteiger partial charge in [-0.05, 0) is 19.1 Å². The summed E-state index contributed by atoms with van der Waals surface area (Å²) in [4.78, 5) is 8.79. The highest BCUT2D eigenvalue weighted by molar-refractivity contribution is 5.60. The third-order valence-corrected chi connectivity index (χ3v) is 3.11. The van der Waals surface area contributed by atoms with Crippen LogP contribution in [0.25, 0.3) is 11.4 Å². The van der Waals surface area contributed by atoms with Gasteiger partial charge in [0.15, 0.2) is 5.82 Å². The average molecular weight is 280 g/mol. The molecule has 5 heteroatoms. The second-order valence-corrected chi connectivity index (χ2v) is 4.75. The molecular formula is C16H16N4O. The molecule has 0 fully saturated rings. The van der Waals surface area contributed by atoms with Crippen LogP contribution in [0.2, 0.25) is 0 Å². The maximum Gasteiger partial charge on any atom is 0.163 e. The molecular weight excluding hydrogens is 264 g/mol. The summed E-state index contributed by atoms with van der Waals surface area (Å²) >= 11 is 0. The monoisotopic (exact) mass is 280 g/mol. The Morgan fingerprint density at radius 1 is 1.10 bits per heavy atom. The van der Waals surface area contributed by atoms with Crippen molar-refractivity contribution in [3.8, 4) is 11.4 Å². The van der Waals surface area contributed by atoms with Gasteiger partial charge in [-0.3, -0.25) is 0 Å². The molecule has 0 amide bonds. The Balaban J connectivity index is 1.88. The zero-order valence-corrected chi connectivity index (χ0v) is 11.7. The second-order valence-electron chi connectivity index (χ2n) is 4.75. The van der Waals surface area contributed by atoms with E-state index in [1.54, 1.807) is 12.3 Å². The SMILES string of the molecule is CC(Nc1cc(N)nc(-c2ccccc2)n1)c1ccco1. The average Bonchev–Trinajstić information content (AvgIpc) is 3.02. The molecule has 0 radical (unpaired) electrons. The van der Waals surface area contributed by atoms with Crippen LogP contribution in [0, 0.1) is 0 Å². The number of hydrogen-bond donors (Lipinski definition) is 2. The molecule has 106 valence electrons. The number of rotatable bonds is 4. The molecule has 0 aliphatic rings. The summed E-state index contributed by atoms with van der Waals surface area (Å²) in [6, 6.07) is 15.2. The number of nitrogens with one attached hydrogen (secondary N) is 1. The molecule has 2 heterocycles. The van der Waals surface area contributed by atoms with Gasteiger partial charge in [-0.25, -0.2) is 9.97 Å². The van der Waals surface area contributed by atoms with Gasteiger partial charge in [-0.2, -0.15) is 0 Å². The summed E-state index contributed by atoms with van der Waals surface area (Å²) in [5, 5.41) is 3.27. The highest BCUT2D eigenvalue weighted by Gasteiger charge is 2.11. The van der Waals surface area contributed by atoms with Gasteiger partial charge >= 0.3 is 0 Å². The summed E-state index contributed by atoms with van der Waals surface area (Å²) in [5.74, 6) is 2.54. The van der Waals surface area contributed by atoms with Crippen LogP contribution in [-0.2, 0) is 0 Å². The number of nitrogens with zero attached hydrogens (tertiary/aromatic N) is 2. The van der Waals surface area contributed by atoms with E-state index in [4.69, 9.17) is 10.2 Å². The first-order chi connectivity index (χ1) is 10.2. The number of nitrogens with two attached hydrogens (primary N) is 1. The Hall–Kier alpha value is -2.82. The molecule has 3 rings (SSSR count). The van der Waals surface area contributed by atoms with Crippen molar-refractivity contribution in [2.45, 2.75) is 13.0 Å². The highest BCUT2D eigenvalue weighted by Crippen LogP contribution is 2.22. The molecule has 1 unspecified atom stereocenters. The van der Waals surface area contributed by atoms with Crippen molar-refractivity contribution < 1.29 is 4.42 Å². The van der Waals surface area contributed by atoms with Crippen molar-refractivity contribution in [1.29, 1.82) is 0 Å². The molecule has 0 aliphatic heterocycles. The zero-order chi connectivity index (χ0) is 14.7. The van der Waals surface area contributed by atoms with Crippen LogP contribution in [0.15, 0.2) is 59.2 Å². The van der Waals surface area contributed by atoms with Gasteiger partial charge in [-0.1, -0.05) is 30.3 Å². The van der Waals surface area contributed by atoms with Crippen LogP contribution in [-0.4, -0.2) is 9.97 Å². The van der Waals surface area contributed by atoms with Crippen LogP contribution in [0.4, 0.5) is 11.6 Å². The van der Waals surface area contributed by atoms with E-state index in [1.807, 2.05) is 49.4 Å². The minimum absolute atomic E-state index is 0.00192. The van der Waals surface area contributed by atoms with E-state index in [-0.39, 0.29) is 6.04 Å². The first-order valence-electron chi connectivity index (χ1n) is 6.72. The largest absolute Gasteiger partial charge is 0.467 e. The molecule has 0 spiro atoms. The molecule has 0 aliphatic carbocycles. The summed E-state index contributed by atoms with van der Waals surface area (Å²) in [6.45, 7) is 2.00. The summed E-state index contributed by atoms with van der Waals surface area (Å²) in [5.41, 5.74) is 6.81. The van der Waals surface area contributed by atoms with Crippen molar-refractivity contribution in [1.82, 2.24) is 9.97 Å². The maximum atomic E-state index is 5.88. The quantitative estimate of drug-likeness (QED) is 0.765. The lowest BCUT2D eigenvalue weighted by Gasteiger charge is -2.13. The highest BCUT2D eigenvalue weighted by atomic mass is 16.3. The lowest BCUT2D eigenvalue weighted by molar-refractivity contribution is 0.490. The number of anilines is 2. The third kappa shape index (κ3) is 3.02. The van der Waals surface area contributed by atoms with Crippen LogP contribution >= 0.6 is 0 Å². The smallest absolute Gasteiger partial charge is 0.163 e. The Kier molecular flexibility index (Phi) is 3.55. The van der Waals surface area contributed by atoms with E-state index in [2.05, 4.69) is 15.3 Å². The Bertz CT molecular complexity index is 710. The van der Waals surface area contributed by atoms with Gasteiger partial charge in [0.05, 0.1) is 12.3 Å². The van der Waals surface area contributed by atoms with Crippen molar-refractivity contribution in [3.63, 3.8) is 0 Å². The number of hydrogen-bond acceptors (Lipinski definition) is 5. The maximum absolute atomic E-state index is 5.88. The molecule has 2 aromatic heterocycles. The first kappa shape index (κ1) is 13.2. The minimum Gasteiger partial charge on any atom is -0.467 e. The molecule has 0 saturated carbocycles. The third-order valence-electron chi connectivity index (χ3n) is 3.11. The fourth-order valence-electron chi connectivity index (χ4n) is 2.09. The van der Waals surface area contributed by atoms with Crippen molar-refractivity contribution in [2.24, 2.45) is 0 Å². The van der Waals surface area contributed by atoms with Crippen LogP contribution in [0.1, 0.15) is 18.7 Å². The Morgan fingerprint density at radius 3 is 2.62 bits per heavy atom. The lowest BCUT2D eigenvalue weighted by atomic mass is 10.2. The lowest BCUT2D eigenvalue weighted by Crippen LogP contribution is -2.09. The van der Waals surface area contributed by atoms with E-state index in [0.717, 1.165) is 11.3 Å². The van der Waals surface area contributed by atoms with E-state index < -0.39 is 0 Å². The molecule has 3 N–H and O–H groups in total. The second kappa shape index (κ2) is 5.66. The molecule has 1 aromatic carbocycles. The van der Waals surface area contributed by atoms with Gasteiger partial charge in [0, 0.05) is 11.6 Å². The van der Waals surface area contributed by atoms with Crippen molar-refractivity contribution in [3.05, 3.63) is 60.6 Å². The van der Waals surface area contributed by atoms with Crippen molar-refractivity contribution >= 4 is 11.6 Å². The van der Waals surface area contributed by atoms with Gasteiger partial charge in [0.25, 0.3) is 0 Å². The zero-order valence-electron chi connectivity index (χ0n) is 11.7. The normalized spacial score (nSPS) is 12.0. The minimum atomic E-state index is -0.00192. The number of nitrogen functional groups attached to an aromatic ring is 1. The van der Waals surface area contributed by atoms with Gasteiger partial charge in [0.1, 0.15) is 17.4 Å². The summed E-state index contributed by atoms with van der Waals surface area (Å²) < 4.78 is 5.38. The molecule has 0 bridgehead atoms. The number of furan rings is 1. The fourth-order valence-corrected chi connectivity index (χ4v) is 2.09. The van der Waals surface area contributed by atoms with E-state index >= 15 is 0 Å². The standard InChI is InChI=1S/C16H16N4O/c1-11(13-8-5-9-21-13)18-15-10-14(17)19-16(20-15)12-6-3-2-4-7-12/h2-11H,1H3,(H3,17,18,19,20). The van der Waals surface area contributed by atoms with Gasteiger partial charge in [0.2, 0.25) is 0 Å². The molecule has 3 aromatic rings. The molecule has 1 atom stereocenters. The number of aromatic nitrogens is 2. The molecule has 21 heavy (non-hydrogen) atoms. The van der Waals surface area contributed by atoms with Crippen LogP contribution in [0.5, 0.6) is 0 Å². The van der Waals surface area contributed by atoms with Crippen molar-refractivity contribution in [2.75, 3.05) is 11.1 Å². The van der Waals surface area contributed by atoms with Crippen LogP contribution in [0.3, 0.4) is 0 Å².